The number of fused-ring (bicyclic) bond motifs is 3. The van der Waals surface area contributed by atoms with Gasteiger partial charge in [-0.1, -0.05) is 158 Å². The van der Waals surface area contributed by atoms with E-state index in [0.717, 1.165) is 44.8 Å². The van der Waals surface area contributed by atoms with E-state index >= 15 is 0 Å². The summed E-state index contributed by atoms with van der Waals surface area (Å²) in [5, 5.41) is 2.58. The van der Waals surface area contributed by atoms with Gasteiger partial charge in [-0.05, 0) is 93.0 Å². The first-order chi connectivity index (χ1) is 27.2. The molecular formula is C52H34N2S. The molecule has 10 rings (SSSR count). The second-order valence-corrected chi connectivity index (χ2v) is 14.9. The maximum absolute atomic E-state index is 5.27. The lowest BCUT2D eigenvalue weighted by atomic mass is 9.92. The molecule has 0 radical (unpaired) electrons. The van der Waals surface area contributed by atoms with E-state index in [1.165, 1.54) is 48.0 Å². The van der Waals surface area contributed by atoms with E-state index in [1.807, 2.05) is 35.6 Å². The molecule has 8 aromatic carbocycles. The highest BCUT2D eigenvalue weighted by molar-refractivity contribution is 7.25. The van der Waals surface area contributed by atoms with E-state index in [9.17, 15) is 0 Å². The average Bonchev–Trinajstić information content (AvgIpc) is 3.65. The molecule has 0 aliphatic carbocycles. The molecule has 0 atom stereocenters. The van der Waals surface area contributed by atoms with Crippen molar-refractivity contribution in [1.29, 1.82) is 0 Å². The van der Waals surface area contributed by atoms with E-state index in [0.29, 0.717) is 5.82 Å². The van der Waals surface area contributed by atoms with Gasteiger partial charge >= 0.3 is 0 Å². The van der Waals surface area contributed by atoms with Crippen LogP contribution in [0.4, 0.5) is 0 Å². The summed E-state index contributed by atoms with van der Waals surface area (Å²) < 4.78 is 2.60. The standard InChI is InChI=1S/C52H34N2S/c1-4-13-35(14-5-1)37-23-25-38(26-24-37)48-34-49(54-52(53-48)39-17-8-3-9-18-39)45-31-43(41-20-12-19-40(29-41)36-15-6-2-7-16-36)30-44(32-45)42-27-28-51-47(33-42)46-21-10-11-22-50(46)55-51/h1-34H. The summed E-state index contributed by atoms with van der Waals surface area (Å²) in [6.45, 7) is 0. The van der Waals surface area contributed by atoms with Gasteiger partial charge in [0.15, 0.2) is 5.82 Å². The Morgan fingerprint density at radius 1 is 0.255 bits per heavy atom. The molecule has 0 spiro atoms. The summed E-state index contributed by atoms with van der Waals surface area (Å²) in [5.41, 5.74) is 14.2. The van der Waals surface area contributed by atoms with Crippen LogP contribution in [-0.4, -0.2) is 9.97 Å². The van der Waals surface area contributed by atoms with Crippen LogP contribution in [0.25, 0.3) is 98.6 Å². The van der Waals surface area contributed by atoms with Gasteiger partial charge in [-0.15, -0.1) is 11.3 Å². The van der Waals surface area contributed by atoms with Crippen molar-refractivity contribution in [3.8, 4) is 78.4 Å². The molecular weight excluding hydrogens is 685 g/mol. The topological polar surface area (TPSA) is 25.8 Å². The Balaban J connectivity index is 1.16. The number of hydrogen-bond donors (Lipinski definition) is 0. The van der Waals surface area contributed by atoms with Crippen LogP contribution < -0.4 is 0 Å². The molecule has 0 aliphatic heterocycles. The zero-order chi connectivity index (χ0) is 36.6. The molecule has 0 bridgehead atoms. The molecule has 0 unspecified atom stereocenters. The molecule has 0 fully saturated rings. The smallest absolute Gasteiger partial charge is 0.160 e. The Labute approximate surface area is 324 Å². The highest BCUT2D eigenvalue weighted by Crippen LogP contribution is 2.40. The van der Waals surface area contributed by atoms with Crippen molar-refractivity contribution < 1.29 is 0 Å². The van der Waals surface area contributed by atoms with Gasteiger partial charge in [0, 0.05) is 36.9 Å². The third-order valence-corrected chi connectivity index (χ3v) is 11.4. The van der Waals surface area contributed by atoms with Crippen LogP contribution in [0.2, 0.25) is 0 Å². The van der Waals surface area contributed by atoms with Crippen molar-refractivity contribution in [2.75, 3.05) is 0 Å². The molecule has 0 saturated carbocycles. The van der Waals surface area contributed by atoms with Gasteiger partial charge in [0.05, 0.1) is 11.4 Å². The lowest BCUT2D eigenvalue weighted by Crippen LogP contribution is -1.96. The molecule has 0 amide bonds. The summed E-state index contributed by atoms with van der Waals surface area (Å²) in [6.07, 6.45) is 0. The van der Waals surface area contributed by atoms with Crippen LogP contribution in [0.5, 0.6) is 0 Å². The van der Waals surface area contributed by atoms with Crippen molar-refractivity contribution in [2.45, 2.75) is 0 Å². The number of thiophene rings is 1. The molecule has 2 heterocycles. The Hall–Kier alpha value is -6.94. The zero-order valence-corrected chi connectivity index (χ0v) is 30.7. The lowest BCUT2D eigenvalue weighted by Gasteiger charge is -2.14. The lowest BCUT2D eigenvalue weighted by molar-refractivity contribution is 1.18. The highest BCUT2D eigenvalue weighted by atomic mass is 32.1. The van der Waals surface area contributed by atoms with Gasteiger partial charge in [0.25, 0.3) is 0 Å². The summed E-state index contributed by atoms with van der Waals surface area (Å²) in [7, 11) is 0. The number of hydrogen-bond acceptors (Lipinski definition) is 3. The van der Waals surface area contributed by atoms with E-state index in [4.69, 9.17) is 9.97 Å². The van der Waals surface area contributed by atoms with Crippen LogP contribution in [0, 0.1) is 0 Å². The summed E-state index contributed by atoms with van der Waals surface area (Å²) >= 11 is 1.85. The van der Waals surface area contributed by atoms with Gasteiger partial charge < -0.3 is 0 Å². The van der Waals surface area contributed by atoms with Gasteiger partial charge in [0.1, 0.15) is 0 Å². The minimum absolute atomic E-state index is 0.699. The molecule has 0 N–H and O–H groups in total. The minimum Gasteiger partial charge on any atom is -0.228 e. The molecule has 55 heavy (non-hydrogen) atoms. The second-order valence-electron chi connectivity index (χ2n) is 13.8. The maximum atomic E-state index is 5.27. The van der Waals surface area contributed by atoms with Crippen molar-refractivity contribution >= 4 is 31.5 Å². The molecule has 0 aliphatic rings. The van der Waals surface area contributed by atoms with E-state index in [2.05, 4.69) is 182 Å². The number of benzene rings is 8. The van der Waals surface area contributed by atoms with Crippen molar-refractivity contribution in [3.63, 3.8) is 0 Å². The first kappa shape index (κ1) is 32.7. The third kappa shape index (κ3) is 6.52. The Kier molecular flexibility index (Phi) is 8.40. The fourth-order valence-corrected chi connectivity index (χ4v) is 8.53. The number of nitrogens with zero attached hydrogens (tertiary/aromatic N) is 2. The van der Waals surface area contributed by atoms with E-state index in [1.54, 1.807) is 0 Å². The normalized spacial score (nSPS) is 11.3. The maximum Gasteiger partial charge on any atom is 0.160 e. The van der Waals surface area contributed by atoms with Crippen LogP contribution in [0.15, 0.2) is 206 Å². The van der Waals surface area contributed by atoms with Gasteiger partial charge in [-0.25, -0.2) is 9.97 Å². The van der Waals surface area contributed by atoms with Gasteiger partial charge in [-0.3, -0.25) is 0 Å². The molecule has 10 aromatic rings. The van der Waals surface area contributed by atoms with Gasteiger partial charge in [0.2, 0.25) is 0 Å². The summed E-state index contributed by atoms with van der Waals surface area (Å²) in [6, 6.07) is 73.5. The van der Waals surface area contributed by atoms with Crippen LogP contribution in [-0.2, 0) is 0 Å². The summed E-state index contributed by atoms with van der Waals surface area (Å²) in [4.78, 5) is 10.4. The first-order valence-corrected chi connectivity index (χ1v) is 19.4. The minimum atomic E-state index is 0.699. The average molecular weight is 719 g/mol. The fourth-order valence-electron chi connectivity index (χ4n) is 7.45. The number of rotatable bonds is 7. The monoisotopic (exact) mass is 718 g/mol. The molecule has 2 nitrogen and oxygen atoms in total. The Bertz CT molecular complexity index is 2950. The highest BCUT2D eigenvalue weighted by Gasteiger charge is 2.15. The molecule has 2 aromatic heterocycles. The van der Waals surface area contributed by atoms with E-state index in [-0.39, 0.29) is 0 Å². The molecule has 0 saturated heterocycles. The Morgan fingerprint density at radius 3 is 1.38 bits per heavy atom. The molecule has 258 valence electrons. The van der Waals surface area contributed by atoms with Crippen molar-refractivity contribution in [3.05, 3.63) is 206 Å². The Morgan fingerprint density at radius 2 is 0.691 bits per heavy atom. The SMILES string of the molecule is c1ccc(-c2ccc(-c3cc(-c4cc(-c5cccc(-c6ccccc6)c5)cc(-c5ccc6sc7ccccc7c6c5)c4)nc(-c4ccccc4)n3)cc2)cc1. The summed E-state index contributed by atoms with van der Waals surface area (Å²) in [5.74, 6) is 0.699. The second kappa shape index (κ2) is 14.1. The van der Waals surface area contributed by atoms with Crippen LogP contribution in [0.3, 0.4) is 0 Å². The third-order valence-electron chi connectivity index (χ3n) is 10.3. The number of aromatic nitrogens is 2. The molecule has 3 heteroatoms. The van der Waals surface area contributed by atoms with Gasteiger partial charge in [-0.2, -0.15) is 0 Å². The van der Waals surface area contributed by atoms with E-state index < -0.39 is 0 Å². The fraction of sp³-hybridized carbons (Fsp3) is 0. The van der Waals surface area contributed by atoms with Crippen molar-refractivity contribution in [1.82, 2.24) is 9.97 Å². The van der Waals surface area contributed by atoms with Crippen molar-refractivity contribution in [2.24, 2.45) is 0 Å². The largest absolute Gasteiger partial charge is 0.228 e. The van der Waals surface area contributed by atoms with Crippen LogP contribution in [0.1, 0.15) is 0 Å². The first-order valence-electron chi connectivity index (χ1n) is 18.6. The predicted octanol–water partition coefficient (Wildman–Crippen LogP) is 14.5. The van der Waals surface area contributed by atoms with Crippen LogP contribution >= 0.6 is 11.3 Å². The zero-order valence-electron chi connectivity index (χ0n) is 29.9. The quantitative estimate of drug-likeness (QED) is 0.164. The predicted molar refractivity (Wildman–Crippen MR) is 233 cm³/mol.